The van der Waals surface area contributed by atoms with Crippen molar-refractivity contribution in [3.05, 3.63) is 47.8 Å². The van der Waals surface area contributed by atoms with Gasteiger partial charge in [0.2, 0.25) is 0 Å². The molecule has 3 aromatic rings. The number of hydrogen-bond acceptors (Lipinski definition) is 5. The summed E-state index contributed by atoms with van der Waals surface area (Å²) in [6, 6.07) is 3.49. The highest BCUT2D eigenvalue weighted by atomic mass is 19.1. The first-order chi connectivity index (χ1) is 14.5. The lowest BCUT2D eigenvalue weighted by Gasteiger charge is -2.22. The van der Waals surface area contributed by atoms with Gasteiger partial charge in [-0.15, -0.1) is 0 Å². The first-order valence-corrected chi connectivity index (χ1v) is 10.2. The van der Waals surface area contributed by atoms with E-state index >= 15 is 0 Å². The molecule has 156 valence electrons. The molecule has 0 bridgehead atoms. The third kappa shape index (κ3) is 3.15. The van der Waals surface area contributed by atoms with Crippen molar-refractivity contribution < 1.29 is 9.18 Å². The van der Waals surface area contributed by atoms with Crippen LogP contribution in [-0.2, 0) is 6.42 Å². The summed E-state index contributed by atoms with van der Waals surface area (Å²) in [5.74, 6) is 0.203. The van der Waals surface area contributed by atoms with E-state index in [-0.39, 0.29) is 11.7 Å². The molecule has 0 unspecified atom stereocenters. The molecule has 2 aliphatic rings. The lowest BCUT2D eigenvalue weighted by Crippen LogP contribution is -2.34. The fraction of sp³-hybridized carbons (Fsp3) is 0.381. The summed E-state index contributed by atoms with van der Waals surface area (Å²) >= 11 is 0. The molecule has 2 N–H and O–H groups in total. The van der Waals surface area contributed by atoms with Gasteiger partial charge < -0.3 is 19.9 Å². The van der Waals surface area contributed by atoms with Gasteiger partial charge in [0.05, 0.1) is 11.4 Å². The highest BCUT2D eigenvalue weighted by Gasteiger charge is 2.31. The Hall–Kier alpha value is -3.20. The van der Waals surface area contributed by atoms with Crippen molar-refractivity contribution in [2.75, 3.05) is 41.8 Å². The van der Waals surface area contributed by atoms with E-state index in [1.165, 1.54) is 6.07 Å². The Morgan fingerprint density at radius 3 is 2.97 bits per heavy atom. The zero-order valence-corrected chi connectivity index (χ0v) is 17.0. The number of urea groups is 1. The summed E-state index contributed by atoms with van der Waals surface area (Å²) in [6.07, 6.45) is 6.99. The molecule has 0 aliphatic carbocycles. The predicted molar refractivity (Wildman–Crippen MR) is 114 cm³/mol. The Kier molecular flexibility index (Phi) is 4.54. The maximum Gasteiger partial charge on any atom is 0.327 e. The van der Waals surface area contributed by atoms with Gasteiger partial charge in [0.1, 0.15) is 5.82 Å². The second-order valence-corrected chi connectivity index (χ2v) is 7.87. The Balaban J connectivity index is 1.38. The van der Waals surface area contributed by atoms with Crippen molar-refractivity contribution in [3.63, 3.8) is 0 Å². The minimum Gasteiger partial charge on any atom is -0.370 e. The standard InChI is InChI=1S/C21H24FN7O/c1-13-10-28-12-15(9-17(22)20(28)25-13)26-21(30)29-8-5-16-18(3-6-24-19(16)29)27-7-4-14(11-27)23-2/h3,6,9-10,12,14,23H,4-5,7-8,11H2,1-2H3,(H,26,30)/t14-/m1/s1. The van der Waals surface area contributed by atoms with Crippen molar-refractivity contribution in [3.8, 4) is 0 Å². The van der Waals surface area contributed by atoms with E-state index in [4.69, 9.17) is 0 Å². The minimum atomic E-state index is -0.476. The van der Waals surface area contributed by atoms with E-state index < -0.39 is 5.82 Å². The van der Waals surface area contributed by atoms with Crippen LogP contribution in [0.15, 0.2) is 30.7 Å². The summed E-state index contributed by atoms with van der Waals surface area (Å²) in [7, 11) is 1.99. The minimum absolute atomic E-state index is 0.244. The number of anilines is 3. The van der Waals surface area contributed by atoms with Crippen LogP contribution in [0.3, 0.4) is 0 Å². The molecule has 2 amide bonds. The van der Waals surface area contributed by atoms with Crippen molar-refractivity contribution >= 4 is 28.9 Å². The summed E-state index contributed by atoms with van der Waals surface area (Å²) in [5, 5.41) is 6.14. The number of halogens is 1. The molecule has 2 aliphatic heterocycles. The summed E-state index contributed by atoms with van der Waals surface area (Å²) in [4.78, 5) is 25.6. The van der Waals surface area contributed by atoms with E-state index in [1.807, 2.05) is 13.1 Å². The molecule has 5 rings (SSSR count). The van der Waals surface area contributed by atoms with Crippen molar-refractivity contribution in [2.45, 2.75) is 25.8 Å². The number of aromatic nitrogens is 3. The van der Waals surface area contributed by atoms with Gasteiger partial charge in [-0.2, -0.15) is 0 Å². The van der Waals surface area contributed by atoms with Gasteiger partial charge >= 0.3 is 6.03 Å². The SMILES string of the molecule is CN[C@@H]1CCN(c2ccnc3c2CCN3C(=O)Nc2cc(F)c3nc(C)cn3c2)C1. The zero-order valence-electron chi connectivity index (χ0n) is 17.0. The van der Waals surface area contributed by atoms with Crippen molar-refractivity contribution in [1.82, 2.24) is 19.7 Å². The molecule has 0 saturated carbocycles. The van der Waals surface area contributed by atoms with Gasteiger partial charge in [0.25, 0.3) is 0 Å². The van der Waals surface area contributed by atoms with Crippen LogP contribution in [0.1, 0.15) is 17.7 Å². The summed E-state index contributed by atoms with van der Waals surface area (Å²) in [5.41, 5.74) is 3.58. The molecule has 30 heavy (non-hydrogen) atoms. The van der Waals surface area contributed by atoms with Crippen LogP contribution in [0.25, 0.3) is 5.65 Å². The van der Waals surface area contributed by atoms with Crippen LogP contribution in [0, 0.1) is 12.7 Å². The molecule has 3 aromatic heterocycles. The average molecular weight is 409 g/mol. The molecule has 8 nitrogen and oxygen atoms in total. The zero-order chi connectivity index (χ0) is 20.8. The van der Waals surface area contributed by atoms with Gasteiger partial charge in [-0.25, -0.2) is 19.2 Å². The molecular formula is C21H24FN7O. The fourth-order valence-electron chi connectivity index (χ4n) is 4.42. The average Bonchev–Trinajstić information content (AvgIpc) is 3.45. The van der Waals surface area contributed by atoms with Crippen LogP contribution in [-0.4, -0.2) is 53.1 Å². The summed E-state index contributed by atoms with van der Waals surface area (Å²) in [6.45, 7) is 4.28. The molecule has 5 heterocycles. The normalized spacial score (nSPS) is 18.3. The van der Waals surface area contributed by atoms with Gasteiger partial charge in [0.15, 0.2) is 11.5 Å². The number of imidazole rings is 1. The van der Waals surface area contributed by atoms with Gasteiger partial charge in [-0.1, -0.05) is 0 Å². The van der Waals surface area contributed by atoms with Gasteiger partial charge in [-0.3, -0.25) is 4.90 Å². The Bertz CT molecular complexity index is 1130. The highest BCUT2D eigenvalue weighted by molar-refractivity contribution is 6.03. The summed E-state index contributed by atoms with van der Waals surface area (Å²) < 4.78 is 15.9. The van der Waals surface area contributed by atoms with Gasteiger partial charge in [0, 0.05) is 61.6 Å². The number of rotatable bonds is 3. The Labute approximate surface area is 173 Å². The molecular weight excluding hydrogens is 385 g/mol. The number of nitrogens with zero attached hydrogens (tertiary/aromatic N) is 5. The molecule has 0 spiro atoms. The van der Waals surface area contributed by atoms with Crippen molar-refractivity contribution in [1.29, 1.82) is 0 Å². The monoisotopic (exact) mass is 409 g/mol. The smallest absolute Gasteiger partial charge is 0.327 e. The lowest BCUT2D eigenvalue weighted by molar-refractivity contribution is 0.257. The quantitative estimate of drug-likeness (QED) is 0.695. The van der Waals surface area contributed by atoms with E-state index in [9.17, 15) is 9.18 Å². The molecule has 1 saturated heterocycles. The number of hydrogen-bond donors (Lipinski definition) is 2. The number of nitrogens with one attached hydrogen (secondary N) is 2. The first-order valence-electron chi connectivity index (χ1n) is 10.2. The fourth-order valence-corrected chi connectivity index (χ4v) is 4.42. The maximum absolute atomic E-state index is 14.3. The maximum atomic E-state index is 14.3. The van der Waals surface area contributed by atoms with Gasteiger partial charge in [-0.05, 0) is 32.9 Å². The number of amides is 2. The number of carbonyl (C=O) groups excluding carboxylic acids is 1. The van der Waals surface area contributed by atoms with Crippen LogP contribution in [0.4, 0.5) is 26.4 Å². The van der Waals surface area contributed by atoms with Crippen LogP contribution in [0.2, 0.25) is 0 Å². The van der Waals surface area contributed by atoms with E-state index in [1.54, 1.807) is 34.8 Å². The third-order valence-electron chi connectivity index (χ3n) is 5.91. The second-order valence-electron chi connectivity index (χ2n) is 7.87. The first kappa shape index (κ1) is 18.8. The predicted octanol–water partition coefficient (Wildman–Crippen LogP) is 2.57. The lowest BCUT2D eigenvalue weighted by atomic mass is 10.2. The number of likely N-dealkylation sites (N-methyl/N-ethyl adjacent to an activating group) is 1. The third-order valence-corrected chi connectivity index (χ3v) is 5.91. The van der Waals surface area contributed by atoms with E-state index in [0.717, 1.165) is 37.2 Å². The van der Waals surface area contributed by atoms with Crippen LogP contribution in [0.5, 0.6) is 0 Å². The number of aryl methyl sites for hydroxylation is 1. The number of fused-ring (bicyclic) bond motifs is 2. The molecule has 1 atom stereocenters. The highest BCUT2D eigenvalue weighted by Crippen LogP contribution is 2.35. The number of carbonyl (C=O) groups is 1. The topological polar surface area (TPSA) is 77.8 Å². The molecule has 0 aromatic carbocycles. The Morgan fingerprint density at radius 1 is 1.30 bits per heavy atom. The van der Waals surface area contributed by atoms with Crippen LogP contribution < -0.4 is 20.4 Å². The second kappa shape index (κ2) is 7.24. The van der Waals surface area contributed by atoms with Crippen LogP contribution >= 0.6 is 0 Å². The van der Waals surface area contributed by atoms with E-state index in [0.29, 0.717) is 29.8 Å². The molecule has 0 radical (unpaired) electrons. The Morgan fingerprint density at radius 2 is 2.17 bits per heavy atom. The van der Waals surface area contributed by atoms with Crippen molar-refractivity contribution in [2.24, 2.45) is 0 Å². The van der Waals surface area contributed by atoms with E-state index in [2.05, 4.69) is 25.5 Å². The number of pyridine rings is 2. The largest absolute Gasteiger partial charge is 0.370 e. The molecule has 1 fully saturated rings. The molecule has 9 heteroatoms.